The van der Waals surface area contributed by atoms with Gasteiger partial charge in [0.2, 0.25) is 5.96 Å². The van der Waals surface area contributed by atoms with Gasteiger partial charge in [-0.05, 0) is 12.8 Å². The standard InChI is InChI=1S/C13H29N5/c1-4-6-8-10-18(11-9-7-5-2)13(16-3)17-12(14)15/h4-11H2,1-3H3,(H4,14,15,16,17). The Hall–Kier alpha value is -1.26. The average molecular weight is 255 g/mol. The Morgan fingerprint density at radius 3 is 1.78 bits per heavy atom. The Bertz CT molecular complexity index is 246. The van der Waals surface area contributed by atoms with Crippen LogP contribution >= 0.6 is 0 Å². The van der Waals surface area contributed by atoms with Gasteiger partial charge in [0.15, 0.2) is 5.96 Å². The molecule has 5 heteroatoms. The Kier molecular flexibility index (Phi) is 10.1. The summed E-state index contributed by atoms with van der Waals surface area (Å²) in [4.78, 5) is 10.5. The van der Waals surface area contributed by atoms with Gasteiger partial charge in [-0.3, -0.25) is 4.99 Å². The maximum Gasteiger partial charge on any atom is 0.223 e. The lowest BCUT2D eigenvalue weighted by molar-refractivity contribution is 0.386. The molecule has 0 unspecified atom stereocenters. The number of nitrogens with zero attached hydrogens (tertiary/aromatic N) is 3. The highest BCUT2D eigenvalue weighted by molar-refractivity contribution is 5.93. The van der Waals surface area contributed by atoms with Crippen molar-refractivity contribution in [3.8, 4) is 0 Å². The minimum atomic E-state index is 0.0755. The second-order valence-electron chi connectivity index (χ2n) is 4.46. The first-order valence-corrected chi connectivity index (χ1v) is 6.97. The van der Waals surface area contributed by atoms with Crippen LogP contribution in [-0.4, -0.2) is 37.0 Å². The van der Waals surface area contributed by atoms with Crippen molar-refractivity contribution in [3.63, 3.8) is 0 Å². The zero-order valence-corrected chi connectivity index (χ0v) is 12.2. The Labute approximate surface area is 111 Å². The quantitative estimate of drug-likeness (QED) is 0.395. The number of unbranched alkanes of at least 4 members (excludes halogenated alkanes) is 4. The molecule has 0 aliphatic carbocycles. The molecule has 0 fully saturated rings. The van der Waals surface area contributed by atoms with Gasteiger partial charge in [-0.2, -0.15) is 4.99 Å². The van der Waals surface area contributed by atoms with Gasteiger partial charge in [-0.25, -0.2) is 0 Å². The second-order valence-corrected chi connectivity index (χ2v) is 4.46. The number of nitrogens with two attached hydrogens (primary N) is 2. The van der Waals surface area contributed by atoms with E-state index in [0.29, 0.717) is 5.96 Å². The van der Waals surface area contributed by atoms with E-state index < -0.39 is 0 Å². The highest BCUT2D eigenvalue weighted by Crippen LogP contribution is 2.04. The van der Waals surface area contributed by atoms with E-state index >= 15 is 0 Å². The number of aliphatic imine (C=N–C) groups is 2. The maximum atomic E-state index is 5.44. The van der Waals surface area contributed by atoms with Crippen LogP contribution in [0.3, 0.4) is 0 Å². The predicted molar refractivity (Wildman–Crippen MR) is 79.8 cm³/mol. The topological polar surface area (TPSA) is 80.0 Å². The SMILES string of the molecule is CCCCCN(CCCCC)C(N=C(N)N)=NC. The summed E-state index contributed by atoms with van der Waals surface area (Å²) >= 11 is 0. The van der Waals surface area contributed by atoms with E-state index in [2.05, 4.69) is 28.7 Å². The van der Waals surface area contributed by atoms with Crippen molar-refractivity contribution in [3.05, 3.63) is 0 Å². The van der Waals surface area contributed by atoms with Gasteiger partial charge in [-0.1, -0.05) is 39.5 Å². The molecule has 0 aromatic rings. The summed E-state index contributed by atoms with van der Waals surface area (Å²) in [6, 6.07) is 0. The highest BCUT2D eigenvalue weighted by Gasteiger charge is 2.09. The second kappa shape index (κ2) is 10.9. The lowest BCUT2D eigenvalue weighted by Crippen LogP contribution is -2.35. The molecule has 0 rings (SSSR count). The van der Waals surface area contributed by atoms with Gasteiger partial charge >= 0.3 is 0 Å². The molecular weight excluding hydrogens is 226 g/mol. The van der Waals surface area contributed by atoms with Crippen LogP contribution in [0.4, 0.5) is 0 Å². The van der Waals surface area contributed by atoms with Crippen LogP contribution in [-0.2, 0) is 0 Å². The van der Waals surface area contributed by atoms with E-state index in [4.69, 9.17) is 11.5 Å². The smallest absolute Gasteiger partial charge is 0.223 e. The Morgan fingerprint density at radius 2 is 1.44 bits per heavy atom. The minimum absolute atomic E-state index is 0.0755. The van der Waals surface area contributed by atoms with Gasteiger partial charge < -0.3 is 16.4 Å². The van der Waals surface area contributed by atoms with Gasteiger partial charge in [0.25, 0.3) is 0 Å². The molecule has 0 aromatic heterocycles. The fourth-order valence-electron chi connectivity index (χ4n) is 1.79. The first-order valence-electron chi connectivity index (χ1n) is 6.97. The third kappa shape index (κ3) is 7.92. The fraction of sp³-hybridized carbons (Fsp3) is 0.846. The summed E-state index contributed by atoms with van der Waals surface area (Å²) in [5.74, 6) is 0.730. The minimum Gasteiger partial charge on any atom is -0.370 e. The van der Waals surface area contributed by atoms with Crippen LogP contribution < -0.4 is 11.5 Å². The molecular formula is C13H29N5. The molecule has 0 amide bonds. The van der Waals surface area contributed by atoms with E-state index in [0.717, 1.165) is 25.9 Å². The van der Waals surface area contributed by atoms with Gasteiger partial charge in [-0.15, -0.1) is 0 Å². The fourth-order valence-corrected chi connectivity index (χ4v) is 1.79. The highest BCUT2D eigenvalue weighted by atomic mass is 15.3. The molecule has 0 radical (unpaired) electrons. The van der Waals surface area contributed by atoms with E-state index in [1.165, 1.54) is 25.7 Å². The first kappa shape index (κ1) is 16.7. The Morgan fingerprint density at radius 1 is 0.944 bits per heavy atom. The number of guanidine groups is 2. The van der Waals surface area contributed by atoms with Crippen LogP contribution in [0.2, 0.25) is 0 Å². The van der Waals surface area contributed by atoms with E-state index in [-0.39, 0.29) is 5.96 Å². The normalized spacial score (nSPS) is 11.4. The first-order chi connectivity index (χ1) is 8.65. The van der Waals surface area contributed by atoms with Crippen molar-refractivity contribution in [2.45, 2.75) is 52.4 Å². The number of hydrogen-bond acceptors (Lipinski definition) is 1. The molecule has 5 nitrogen and oxygen atoms in total. The molecule has 0 spiro atoms. The summed E-state index contributed by atoms with van der Waals surface area (Å²) in [6.45, 7) is 6.35. The monoisotopic (exact) mass is 255 g/mol. The molecule has 0 heterocycles. The van der Waals surface area contributed by atoms with Crippen LogP contribution in [0.1, 0.15) is 52.4 Å². The predicted octanol–water partition coefficient (Wildman–Crippen LogP) is 1.93. The molecule has 18 heavy (non-hydrogen) atoms. The molecule has 0 saturated heterocycles. The third-order valence-electron chi connectivity index (χ3n) is 2.78. The van der Waals surface area contributed by atoms with Gasteiger partial charge in [0.05, 0.1) is 0 Å². The molecule has 0 aromatic carbocycles. The lowest BCUT2D eigenvalue weighted by Gasteiger charge is -2.23. The third-order valence-corrected chi connectivity index (χ3v) is 2.78. The zero-order chi connectivity index (χ0) is 13.8. The molecule has 0 aliphatic rings. The van der Waals surface area contributed by atoms with E-state index in [1.807, 2.05) is 0 Å². The molecule has 0 atom stereocenters. The largest absolute Gasteiger partial charge is 0.370 e. The van der Waals surface area contributed by atoms with Crippen LogP contribution in [0.25, 0.3) is 0 Å². The van der Waals surface area contributed by atoms with Crippen LogP contribution in [0.5, 0.6) is 0 Å². The number of rotatable bonds is 8. The van der Waals surface area contributed by atoms with Gasteiger partial charge in [0.1, 0.15) is 0 Å². The molecule has 0 saturated carbocycles. The van der Waals surface area contributed by atoms with Crippen LogP contribution in [0, 0.1) is 0 Å². The summed E-state index contributed by atoms with van der Waals surface area (Å²) in [5.41, 5.74) is 10.9. The van der Waals surface area contributed by atoms with Gasteiger partial charge in [0, 0.05) is 20.1 Å². The summed E-state index contributed by atoms with van der Waals surface area (Å²) in [7, 11) is 1.73. The molecule has 4 N–H and O–H groups in total. The average Bonchev–Trinajstić information content (AvgIpc) is 2.34. The van der Waals surface area contributed by atoms with Crippen molar-refractivity contribution in [2.75, 3.05) is 20.1 Å². The van der Waals surface area contributed by atoms with Crippen molar-refractivity contribution >= 4 is 11.9 Å². The van der Waals surface area contributed by atoms with Crippen molar-refractivity contribution in [1.82, 2.24) is 4.90 Å². The molecule has 0 bridgehead atoms. The summed E-state index contributed by atoms with van der Waals surface area (Å²) in [5, 5.41) is 0. The molecule has 0 aliphatic heterocycles. The molecule has 106 valence electrons. The lowest BCUT2D eigenvalue weighted by atomic mass is 10.2. The van der Waals surface area contributed by atoms with Crippen molar-refractivity contribution < 1.29 is 0 Å². The summed E-state index contributed by atoms with van der Waals surface area (Å²) < 4.78 is 0. The zero-order valence-electron chi connectivity index (χ0n) is 12.2. The van der Waals surface area contributed by atoms with Crippen LogP contribution in [0.15, 0.2) is 9.98 Å². The maximum absolute atomic E-state index is 5.44. The Balaban J connectivity index is 4.45. The number of hydrogen-bond donors (Lipinski definition) is 2. The van der Waals surface area contributed by atoms with E-state index in [1.54, 1.807) is 7.05 Å². The van der Waals surface area contributed by atoms with E-state index in [9.17, 15) is 0 Å². The summed E-state index contributed by atoms with van der Waals surface area (Å²) in [6.07, 6.45) is 7.18. The van der Waals surface area contributed by atoms with Crippen molar-refractivity contribution in [2.24, 2.45) is 21.5 Å². The van der Waals surface area contributed by atoms with Crippen molar-refractivity contribution in [1.29, 1.82) is 0 Å².